The number of pyridine rings is 1. The van der Waals surface area contributed by atoms with E-state index in [0.29, 0.717) is 23.0 Å². The molecule has 6 nitrogen and oxygen atoms in total. The molecule has 6 heteroatoms. The Hall–Kier alpha value is -6.14. The molecule has 0 aliphatic carbocycles. The Morgan fingerprint density at radius 3 is 2.04 bits per heavy atom. The molecule has 0 aliphatic rings. The van der Waals surface area contributed by atoms with Crippen molar-refractivity contribution in [3.63, 3.8) is 0 Å². The molecule has 0 bridgehead atoms. The standard InChI is InChI=1S/C50H50N4O2/c1-48(2,3)33-24-25-42(39(27-33)32-17-11-10-12-18-32)53-31-44(52-47(53)40-28-34(49(4,5)6)29-41(45(40)55)50(7,8)9)56-36-20-15-19-35(30-36)54-43-23-14-13-21-37(43)38-22-16-26-51-46(38)54/h10-31,55H,1-9H3. The van der Waals surface area contributed by atoms with Crippen LogP contribution in [-0.2, 0) is 16.2 Å². The zero-order valence-electron chi connectivity index (χ0n) is 33.8. The molecule has 1 N–H and O–H groups in total. The lowest BCUT2D eigenvalue weighted by Crippen LogP contribution is -2.17. The van der Waals surface area contributed by atoms with Crippen LogP contribution in [0.1, 0.15) is 79.0 Å². The van der Waals surface area contributed by atoms with E-state index < -0.39 is 0 Å². The highest BCUT2D eigenvalue weighted by Gasteiger charge is 2.29. The predicted octanol–water partition coefficient (Wildman–Crippen LogP) is 13.1. The van der Waals surface area contributed by atoms with Gasteiger partial charge in [0.2, 0.25) is 5.88 Å². The molecule has 3 aromatic heterocycles. The van der Waals surface area contributed by atoms with Gasteiger partial charge in [0.15, 0.2) is 5.82 Å². The number of benzene rings is 5. The SMILES string of the molecule is CC(C)(C)c1ccc(-n2cc(Oc3cccc(-n4c5ccccc5c5cccnc54)c3)nc2-c2cc(C(C)(C)C)cc(C(C)(C)C)c2O)c(-c2ccccc2)c1. The third kappa shape index (κ3) is 6.74. The Morgan fingerprint density at radius 1 is 0.607 bits per heavy atom. The second kappa shape index (κ2) is 13.6. The highest BCUT2D eigenvalue weighted by Crippen LogP contribution is 2.44. The van der Waals surface area contributed by atoms with E-state index in [1.54, 1.807) is 0 Å². The molecule has 3 heterocycles. The number of aromatic hydroxyl groups is 1. The van der Waals surface area contributed by atoms with E-state index >= 15 is 0 Å². The Bertz CT molecular complexity index is 2680. The lowest BCUT2D eigenvalue weighted by atomic mass is 9.79. The first-order chi connectivity index (χ1) is 26.6. The number of phenols is 1. The molecule has 8 rings (SSSR count). The molecule has 0 radical (unpaired) electrons. The van der Waals surface area contributed by atoms with Crippen molar-refractivity contribution in [3.8, 4) is 51.3 Å². The van der Waals surface area contributed by atoms with E-state index in [4.69, 9.17) is 14.7 Å². The molecule has 8 aromatic rings. The summed E-state index contributed by atoms with van der Waals surface area (Å²) in [5.74, 6) is 1.86. The summed E-state index contributed by atoms with van der Waals surface area (Å²) in [6.45, 7) is 19.7. The van der Waals surface area contributed by atoms with Crippen LogP contribution in [0.3, 0.4) is 0 Å². The summed E-state index contributed by atoms with van der Waals surface area (Å²) in [4.78, 5) is 10.0. The first-order valence-corrected chi connectivity index (χ1v) is 19.4. The fourth-order valence-corrected chi connectivity index (χ4v) is 7.52. The number of phenolic OH excluding ortho intramolecular Hbond substituents is 1. The van der Waals surface area contributed by atoms with E-state index in [2.05, 4.69) is 162 Å². The third-order valence-corrected chi connectivity index (χ3v) is 10.6. The van der Waals surface area contributed by atoms with Crippen molar-refractivity contribution >= 4 is 21.9 Å². The molecule has 0 atom stereocenters. The van der Waals surface area contributed by atoms with Gasteiger partial charge in [0, 0.05) is 34.2 Å². The highest BCUT2D eigenvalue weighted by atomic mass is 16.5. The lowest BCUT2D eigenvalue weighted by molar-refractivity contribution is 0.446. The van der Waals surface area contributed by atoms with Crippen molar-refractivity contribution in [1.29, 1.82) is 0 Å². The van der Waals surface area contributed by atoms with Crippen LogP contribution in [0.2, 0.25) is 0 Å². The molecule has 0 aliphatic heterocycles. The van der Waals surface area contributed by atoms with Gasteiger partial charge in [0.05, 0.1) is 28.7 Å². The summed E-state index contributed by atoms with van der Waals surface area (Å²) >= 11 is 0. The van der Waals surface area contributed by atoms with Gasteiger partial charge >= 0.3 is 0 Å². The number of aromatic nitrogens is 4. The highest BCUT2D eigenvalue weighted by molar-refractivity contribution is 6.07. The summed E-state index contributed by atoms with van der Waals surface area (Å²) < 4.78 is 11.0. The molecule has 0 amide bonds. The Balaban J connectivity index is 1.34. The molecular formula is C50H50N4O2. The normalized spacial score (nSPS) is 12.4. The smallest absolute Gasteiger partial charge is 0.238 e. The molecule has 5 aromatic carbocycles. The maximum atomic E-state index is 12.2. The van der Waals surface area contributed by atoms with E-state index in [1.807, 2.05) is 42.7 Å². The predicted molar refractivity (Wildman–Crippen MR) is 231 cm³/mol. The van der Waals surface area contributed by atoms with Crippen LogP contribution >= 0.6 is 0 Å². The summed E-state index contributed by atoms with van der Waals surface area (Å²) in [7, 11) is 0. The minimum atomic E-state index is -0.317. The average Bonchev–Trinajstić information content (AvgIpc) is 3.73. The number of ether oxygens (including phenoxy) is 1. The number of rotatable bonds is 6. The summed E-state index contributed by atoms with van der Waals surface area (Å²) in [5.41, 5.74) is 9.28. The number of imidazole rings is 1. The van der Waals surface area contributed by atoms with Crippen LogP contribution < -0.4 is 4.74 Å². The minimum Gasteiger partial charge on any atom is -0.507 e. The van der Waals surface area contributed by atoms with Crippen molar-refractivity contribution in [2.75, 3.05) is 0 Å². The molecule has 0 saturated heterocycles. The van der Waals surface area contributed by atoms with Crippen LogP contribution in [0, 0.1) is 0 Å². The molecule has 282 valence electrons. The van der Waals surface area contributed by atoms with Crippen molar-refractivity contribution in [3.05, 3.63) is 150 Å². The van der Waals surface area contributed by atoms with Gasteiger partial charge in [-0.2, -0.15) is 4.98 Å². The number of hydrogen-bond acceptors (Lipinski definition) is 4. The monoisotopic (exact) mass is 738 g/mol. The largest absolute Gasteiger partial charge is 0.507 e. The number of fused-ring (bicyclic) bond motifs is 3. The zero-order valence-corrected chi connectivity index (χ0v) is 33.8. The van der Waals surface area contributed by atoms with Crippen molar-refractivity contribution in [1.82, 2.24) is 19.1 Å². The lowest BCUT2D eigenvalue weighted by Gasteiger charge is -2.27. The van der Waals surface area contributed by atoms with Crippen LogP contribution in [0.5, 0.6) is 17.4 Å². The first kappa shape index (κ1) is 36.8. The fraction of sp³-hybridized carbons (Fsp3) is 0.240. The van der Waals surface area contributed by atoms with Gasteiger partial charge in [0.25, 0.3) is 0 Å². The van der Waals surface area contributed by atoms with Crippen LogP contribution in [0.15, 0.2) is 134 Å². The summed E-state index contributed by atoms with van der Waals surface area (Å²) in [6.07, 6.45) is 3.78. The van der Waals surface area contributed by atoms with Gasteiger partial charge in [-0.05, 0) is 81.5 Å². The van der Waals surface area contributed by atoms with Gasteiger partial charge in [-0.3, -0.25) is 9.13 Å². The van der Waals surface area contributed by atoms with Crippen LogP contribution in [0.4, 0.5) is 0 Å². The fourth-order valence-electron chi connectivity index (χ4n) is 7.52. The maximum absolute atomic E-state index is 12.2. The minimum absolute atomic E-state index is 0.0636. The topological polar surface area (TPSA) is 65.1 Å². The van der Waals surface area contributed by atoms with Gasteiger partial charge in [-0.1, -0.05) is 129 Å². The number of nitrogens with zero attached hydrogens (tertiary/aromatic N) is 4. The first-order valence-electron chi connectivity index (χ1n) is 19.4. The molecule has 56 heavy (non-hydrogen) atoms. The Kier molecular flexibility index (Phi) is 8.91. The number of hydrogen-bond donors (Lipinski definition) is 1. The maximum Gasteiger partial charge on any atom is 0.238 e. The van der Waals surface area contributed by atoms with Gasteiger partial charge in [-0.15, -0.1) is 0 Å². The number of para-hydroxylation sites is 1. The van der Waals surface area contributed by atoms with E-state index in [-0.39, 0.29) is 22.0 Å². The van der Waals surface area contributed by atoms with Crippen molar-refractivity contribution < 1.29 is 9.84 Å². The Morgan fingerprint density at radius 2 is 1.30 bits per heavy atom. The molecule has 0 saturated carbocycles. The van der Waals surface area contributed by atoms with E-state index in [9.17, 15) is 5.11 Å². The molecule has 0 unspecified atom stereocenters. The van der Waals surface area contributed by atoms with Gasteiger partial charge in [-0.25, -0.2) is 4.98 Å². The van der Waals surface area contributed by atoms with E-state index in [0.717, 1.165) is 55.6 Å². The van der Waals surface area contributed by atoms with Crippen LogP contribution in [0.25, 0.3) is 55.8 Å². The zero-order chi connectivity index (χ0) is 39.6. The molecule has 0 fully saturated rings. The molecule has 0 spiro atoms. The van der Waals surface area contributed by atoms with Gasteiger partial charge in [0.1, 0.15) is 17.1 Å². The summed E-state index contributed by atoms with van der Waals surface area (Å²) in [5, 5.41) is 14.4. The van der Waals surface area contributed by atoms with E-state index in [1.165, 1.54) is 5.56 Å². The second-order valence-electron chi connectivity index (χ2n) is 17.9. The van der Waals surface area contributed by atoms with Crippen LogP contribution in [-0.4, -0.2) is 24.2 Å². The third-order valence-electron chi connectivity index (χ3n) is 10.6. The average molecular weight is 739 g/mol. The summed E-state index contributed by atoms with van der Waals surface area (Å²) in [6, 6.07) is 41.9. The second-order valence-corrected chi connectivity index (χ2v) is 17.9. The quantitative estimate of drug-likeness (QED) is 0.184. The molecular weight excluding hydrogens is 689 g/mol. The Labute approximate surface area is 330 Å². The van der Waals surface area contributed by atoms with Gasteiger partial charge < -0.3 is 9.84 Å². The van der Waals surface area contributed by atoms with Crippen molar-refractivity contribution in [2.24, 2.45) is 0 Å². The van der Waals surface area contributed by atoms with Crippen molar-refractivity contribution in [2.45, 2.75) is 78.6 Å².